The van der Waals surface area contributed by atoms with Gasteiger partial charge in [-0.15, -0.1) is 12.4 Å². The molecule has 8 heteroatoms. The molecule has 0 radical (unpaired) electrons. The van der Waals surface area contributed by atoms with E-state index >= 15 is 0 Å². The molecule has 0 heterocycles. The first-order chi connectivity index (χ1) is 6.84. The van der Waals surface area contributed by atoms with Crippen LogP contribution in [0.2, 0.25) is 0 Å². The lowest BCUT2D eigenvalue weighted by atomic mass is 9.78. The topological polar surface area (TPSA) is 66.5 Å². The van der Waals surface area contributed by atoms with Crippen LogP contribution >= 0.6 is 12.4 Å². The molecule has 0 aliphatic rings. The first-order valence-electron chi connectivity index (χ1n) is 4.12. The summed E-state index contributed by atoms with van der Waals surface area (Å²) in [7, 11) is -1.93. The Morgan fingerprint density at radius 3 is 2.12 bits per heavy atom. The molecule has 1 aromatic rings. The maximum atomic E-state index is 12.3. The average Bonchev–Trinajstić information content (AvgIpc) is 2.15. The third-order valence-corrected chi connectivity index (χ3v) is 1.88. The SMILES string of the molecule is Cl.NCc1cc(B(O)O)cc(C(F)(F)F)c1. The number of hydrogen-bond donors (Lipinski definition) is 3. The van der Waals surface area contributed by atoms with E-state index in [9.17, 15) is 13.2 Å². The van der Waals surface area contributed by atoms with Crippen LogP contribution in [0.15, 0.2) is 18.2 Å². The summed E-state index contributed by atoms with van der Waals surface area (Å²) in [6.45, 7) is -0.0936. The lowest BCUT2D eigenvalue weighted by molar-refractivity contribution is -0.137. The van der Waals surface area contributed by atoms with Crippen LogP contribution in [0.25, 0.3) is 0 Å². The van der Waals surface area contributed by atoms with Gasteiger partial charge >= 0.3 is 13.3 Å². The van der Waals surface area contributed by atoms with Crippen molar-refractivity contribution in [1.82, 2.24) is 0 Å². The second-order valence-electron chi connectivity index (χ2n) is 3.04. The second-order valence-corrected chi connectivity index (χ2v) is 3.04. The first-order valence-corrected chi connectivity index (χ1v) is 4.12. The Balaban J connectivity index is 0.00000225. The molecule has 0 aliphatic heterocycles. The van der Waals surface area contributed by atoms with E-state index in [0.717, 1.165) is 6.07 Å². The van der Waals surface area contributed by atoms with E-state index in [1.165, 1.54) is 6.07 Å². The summed E-state index contributed by atoms with van der Waals surface area (Å²) in [5, 5.41) is 17.6. The standard InChI is InChI=1S/C8H9BF3NO2.ClH/c10-8(11,12)6-1-5(4-13)2-7(3-6)9(14)15;/h1-3,14-15H,4,13H2;1H. The van der Waals surface area contributed by atoms with Gasteiger partial charge in [-0.2, -0.15) is 13.2 Å². The van der Waals surface area contributed by atoms with Crippen LogP contribution in [0.1, 0.15) is 11.1 Å². The summed E-state index contributed by atoms with van der Waals surface area (Å²) in [5.41, 5.74) is 4.25. The number of benzene rings is 1. The molecule has 0 saturated carbocycles. The second kappa shape index (κ2) is 5.54. The summed E-state index contributed by atoms with van der Waals surface area (Å²) in [6.07, 6.45) is -4.52. The number of halogens is 4. The summed E-state index contributed by atoms with van der Waals surface area (Å²) >= 11 is 0. The Bertz CT molecular complexity index is 360. The van der Waals surface area contributed by atoms with Crippen molar-refractivity contribution in [3.05, 3.63) is 29.3 Å². The summed E-state index contributed by atoms with van der Waals surface area (Å²) in [5.74, 6) is 0. The molecule has 1 rings (SSSR count). The highest BCUT2D eigenvalue weighted by molar-refractivity contribution is 6.58. The van der Waals surface area contributed by atoms with Gasteiger partial charge in [-0.05, 0) is 17.1 Å². The van der Waals surface area contributed by atoms with Gasteiger partial charge in [0.25, 0.3) is 0 Å². The van der Waals surface area contributed by atoms with E-state index in [-0.39, 0.29) is 30.0 Å². The minimum atomic E-state index is -4.52. The Morgan fingerprint density at radius 2 is 1.75 bits per heavy atom. The normalized spacial score (nSPS) is 10.9. The first kappa shape index (κ1) is 15.2. The van der Waals surface area contributed by atoms with Gasteiger partial charge < -0.3 is 15.8 Å². The third-order valence-electron chi connectivity index (χ3n) is 1.88. The van der Waals surface area contributed by atoms with Crippen molar-refractivity contribution >= 4 is 25.0 Å². The molecule has 0 amide bonds. The molecule has 4 N–H and O–H groups in total. The van der Waals surface area contributed by atoms with Crippen molar-refractivity contribution in [2.24, 2.45) is 5.73 Å². The fourth-order valence-electron chi connectivity index (χ4n) is 1.15. The zero-order valence-corrected chi connectivity index (χ0v) is 8.85. The van der Waals surface area contributed by atoms with Crippen LogP contribution in [-0.4, -0.2) is 17.2 Å². The fourth-order valence-corrected chi connectivity index (χ4v) is 1.15. The molecule has 0 atom stereocenters. The summed E-state index contributed by atoms with van der Waals surface area (Å²) < 4.78 is 37.0. The molecule has 0 fully saturated rings. The average molecular weight is 255 g/mol. The highest BCUT2D eigenvalue weighted by Gasteiger charge is 2.32. The van der Waals surface area contributed by atoms with E-state index in [4.69, 9.17) is 15.8 Å². The molecule has 16 heavy (non-hydrogen) atoms. The highest BCUT2D eigenvalue weighted by Crippen LogP contribution is 2.29. The molecule has 0 aliphatic carbocycles. The maximum absolute atomic E-state index is 12.3. The number of rotatable bonds is 2. The van der Waals surface area contributed by atoms with Gasteiger partial charge in [0.05, 0.1) is 5.56 Å². The Morgan fingerprint density at radius 1 is 1.19 bits per heavy atom. The van der Waals surface area contributed by atoms with Gasteiger partial charge in [0.15, 0.2) is 0 Å². The van der Waals surface area contributed by atoms with Crippen molar-refractivity contribution in [3.8, 4) is 0 Å². The minimum absolute atomic E-state index is 0. The molecule has 0 unspecified atom stereocenters. The van der Waals surface area contributed by atoms with Crippen LogP contribution in [0.3, 0.4) is 0 Å². The summed E-state index contributed by atoms with van der Waals surface area (Å²) in [4.78, 5) is 0. The Hall–Kier alpha value is -0.755. The number of hydrogen-bond acceptors (Lipinski definition) is 3. The molecule has 1 aromatic carbocycles. The van der Waals surface area contributed by atoms with Crippen LogP contribution in [0, 0.1) is 0 Å². The smallest absolute Gasteiger partial charge is 0.423 e. The van der Waals surface area contributed by atoms with E-state index in [1.807, 2.05) is 0 Å². The van der Waals surface area contributed by atoms with Crippen molar-refractivity contribution in [3.63, 3.8) is 0 Å². The molecule has 0 saturated heterocycles. The zero-order valence-electron chi connectivity index (χ0n) is 8.03. The van der Waals surface area contributed by atoms with Crippen molar-refractivity contribution in [1.29, 1.82) is 0 Å². The number of alkyl halides is 3. The van der Waals surface area contributed by atoms with Gasteiger partial charge in [-0.25, -0.2) is 0 Å². The molecule has 0 aromatic heterocycles. The van der Waals surface area contributed by atoms with E-state index in [0.29, 0.717) is 6.07 Å². The molecule has 0 bridgehead atoms. The zero-order chi connectivity index (χ0) is 11.6. The monoisotopic (exact) mass is 255 g/mol. The minimum Gasteiger partial charge on any atom is -0.423 e. The fraction of sp³-hybridized carbons (Fsp3) is 0.250. The summed E-state index contributed by atoms with van der Waals surface area (Å²) in [6, 6.07) is 2.79. The van der Waals surface area contributed by atoms with Crippen LogP contribution in [0.4, 0.5) is 13.2 Å². The van der Waals surface area contributed by atoms with Gasteiger partial charge in [0.2, 0.25) is 0 Å². The largest absolute Gasteiger partial charge is 0.488 e. The van der Waals surface area contributed by atoms with Crippen molar-refractivity contribution in [2.45, 2.75) is 12.7 Å². The predicted molar refractivity (Wildman–Crippen MR) is 56.4 cm³/mol. The lowest BCUT2D eigenvalue weighted by Gasteiger charge is -2.10. The lowest BCUT2D eigenvalue weighted by Crippen LogP contribution is -2.31. The molecule has 0 spiro atoms. The van der Waals surface area contributed by atoms with Crippen molar-refractivity contribution < 1.29 is 23.2 Å². The van der Waals surface area contributed by atoms with Gasteiger partial charge in [-0.3, -0.25) is 0 Å². The van der Waals surface area contributed by atoms with Gasteiger partial charge in [0, 0.05) is 6.54 Å². The van der Waals surface area contributed by atoms with E-state index in [1.54, 1.807) is 0 Å². The van der Waals surface area contributed by atoms with Crippen LogP contribution in [-0.2, 0) is 12.7 Å². The maximum Gasteiger partial charge on any atom is 0.488 e. The van der Waals surface area contributed by atoms with E-state index in [2.05, 4.69) is 0 Å². The molecule has 90 valence electrons. The van der Waals surface area contributed by atoms with Gasteiger partial charge in [-0.1, -0.05) is 12.1 Å². The van der Waals surface area contributed by atoms with Crippen LogP contribution in [0.5, 0.6) is 0 Å². The van der Waals surface area contributed by atoms with E-state index < -0.39 is 18.9 Å². The Kier molecular flexibility index (Phi) is 5.28. The van der Waals surface area contributed by atoms with Crippen molar-refractivity contribution in [2.75, 3.05) is 0 Å². The number of nitrogens with two attached hydrogens (primary N) is 1. The predicted octanol–water partition coefficient (Wildman–Crippen LogP) is 0.266. The molecular weight excluding hydrogens is 245 g/mol. The van der Waals surface area contributed by atoms with Crippen LogP contribution < -0.4 is 11.2 Å². The quantitative estimate of drug-likeness (QED) is 0.664. The highest BCUT2D eigenvalue weighted by atomic mass is 35.5. The third kappa shape index (κ3) is 3.68. The van der Waals surface area contributed by atoms with Gasteiger partial charge in [0.1, 0.15) is 0 Å². The molecule has 3 nitrogen and oxygen atoms in total. The Labute approximate surface area is 96.6 Å². The molecular formula is C8H10BClF3NO2.